The molecule has 0 aliphatic rings. The molecular weight excluding hydrogens is 556 g/mol. The minimum Gasteiger partial charge on any atom is -0.464 e. The molecule has 0 rings (SSSR count). The highest BCUT2D eigenvalue weighted by Crippen LogP contribution is 2.12. The van der Waals surface area contributed by atoms with Crippen LogP contribution in [-0.4, -0.2) is 80.6 Å². The Labute approximate surface area is 270 Å². The van der Waals surface area contributed by atoms with Crippen LogP contribution in [0, 0.1) is 0 Å². The number of quaternary nitrogens is 1. The summed E-state index contributed by atoms with van der Waals surface area (Å²) in [4.78, 5) is 49.6. The van der Waals surface area contributed by atoms with E-state index >= 15 is 0 Å². The van der Waals surface area contributed by atoms with Crippen LogP contribution in [0.2, 0.25) is 0 Å². The largest absolute Gasteiger partial charge is 0.464 e. The molecule has 0 saturated carbocycles. The van der Waals surface area contributed by atoms with Gasteiger partial charge < -0.3 is 25.2 Å². The minimum absolute atomic E-state index is 0.163. The van der Waals surface area contributed by atoms with Crippen LogP contribution in [0.25, 0.3) is 0 Å². The van der Waals surface area contributed by atoms with Gasteiger partial charge >= 0.3 is 5.97 Å². The second-order valence-electron chi connectivity index (χ2n) is 13.7. The lowest BCUT2D eigenvalue weighted by molar-refractivity contribution is -0.870. The van der Waals surface area contributed by atoms with Gasteiger partial charge in [0.1, 0.15) is 18.1 Å². The molecule has 0 aliphatic carbocycles. The number of ether oxygens (including phenoxy) is 1. The molecule has 0 aliphatic heterocycles. The van der Waals surface area contributed by atoms with Gasteiger partial charge in [0.25, 0.3) is 0 Å². The number of nitrogens with one attached hydrogen (secondary N) is 3. The van der Waals surface area contributed by atoms with Crippen LogP contribution in [-0.2, 0) is 23.9 Å². The van der Waals surface area contributed by atoms with Crippen molar-refractivity contribution in [2.45, 2.75) is 168 Å². The van der Waals surface area contributed by atoms with Crippen LogP contribution in [0.15, 0.2) is 0 Å². The Morgan fingerprint density at radius 2 is 0.955 bits per heavy atom. The molecule has 0 aromatic heterocycles. The number of unbranched alkanes of at least 4 members (excludes halogenated alkanes) is 16. The Morgan fingerprint density at radius 1 is 0.545 bits per heavy atom. The van der Waals surface area contributed by atoms with Crippen molar-refractivity contribution in [2.75, 3.05) is 34.3 Å². The Morgan fingerprint density at radius 3 is 1.45 bits per heavy atom. The van der Waals surface area contributed by atoms with Gasteiger partial charge in [-0.1, -0.05) is 96.8 Å². The van der Waals surface area contributed by atoms with Crippen LogP contribution in [0.1, 0.15) is 150 Å². The molecule has 0 spiro atoms. The molecule has 0 fully saturated rings. The third-order valence-electron chi connectivity index (χ3n) is 7.96. The Hall–Kier alpha value is -2.16. The fourth-order valence-corrected chi connectivity index (χ4v) is 5.00. The number of esters is 1. The van der Waals surface area contributed by atoms with Crippen LogP contribution in [0.5, 0.6) is 0 Å². The molecular formula is C35H69N4O5+. The minimum atomic E-state index is -0.855. The molecule has 0 radical (unpaired) electrons. The van der Waals surface area contributed by atoms with Crippen molar-refractivity contribution in [1.29, 1.82) is 0 Å². The van der Waals surface area contributed by atoms with Crippen LogP contribution in [0.4, 0.5) is 0 Å². The molecule has 0 heterocycles. The lowest BCUT2D eigenvalue weighted by atomic mass is 10.1. The molecule has 0 bridgehead atoms. The fourth-order valence-electron chi connectivity index (χ4n) is 5.00. The van der Waals surface area contributed by atoms with Crippen LogP contribution < -0.4 is 16.0 Å². The average Bonchev–Trinajstić information content (AvgIpc) is 2.95. The zero-order valence-electron chi connectivity index (χ0n) is 29.6. The molecule has 9 nitrogen and oxygen atoms in total. The summed E-state index contributed by atoms with van der Waals surface area (Å²) in [6.07, 6.45) is 21.6. The van der Waals surface area contributed by atoms with E-state index in [0.29, 0.717) is 13.0 Å². The zero-order chi connectivity index (χ0) is 33.2. The molecule has 0 unspecified atom stereocenters. The van der Waals surface area contributed by atoms with E-state index in [1.807, 2.05) is 0 Å². The van der Waals surface area contributed by atoms with Crippen molar-refractivity contribution in [3.63, 3.8) is 0 Å². The first-order chi connectivity index (χ1) is 20.9. The quantitative estimate of drug-likeness (QED) is 0.0546. The summed E-state index contributed by atoms with van der Waals surface area (Å²) in [6, 6.07) is -2.42. The number of carbonyl (C=O) groups excluding carboxylic acids is 4. The lowest BCUT2D eigenvalue weighted by Crippen LogP contribution is -2.53. The van der Waals surface area contributed by atoms with E-state index in [1.54, 1.807) is 20.8 Å². The molecule has 3 atom stereocenters. The maximum Gasteiger partial charge on any atom is 0.328 e. The second-order valence-corrected chi connectivity index (χ2v) is 13.7. The van der Waals surface area contributed by atoms with Gasteiger partial charge in [-0.25, -0.2) is 4.79 Å². The van der Waals surface area contributed by atoms with E-state index in [4.69, 9.17) is 4.74 Å². The third kappa shape index (κ3) is 25.2. The molecule has 3 N–H and O–H groups in total. The molecule has 9 heteroatoms. The SMILES string of the molecule is CCCCCCCCCCCCOC(=O)[C@H](C)NC(=O)[C@H](C)NC(=O)[C@H](C)NC(=O)CCCCCCCCCC[N+](C)(C)C. The summed E-state index contributed by atoms with van der Waals surface area (Å²) in [5.41, 5.74) is 0. The zero-order valence-corrected chi connectivity index (χ0v) is 29.6. The van der Waals surface area contributed by atoms with E-state index in [2.05, 4.69) is 44.0 Å². The molecule has 258 valence electrons. The van der Waals surface area contributed by atoms with Gasteiger partial charge in [0.2, 0.25) is 17.7 Å². The summed E-state index contributed by atoms with van der Waals surface area (Å²) in [6.45, 7) is 8.51. The van der Waals surface area contributed by atoms with Gasteiger partial charge in [-0.2, -0.15) is 0 Å². The maximum atomic E-state index is 12.5. The summed E-state index contributed by atoms with van der Waals surface area (Å²) < 4.78 is 6.34. The fraction of sp³-hybridized carbons (Fsp3) is 0.886. The highest BCUT2D eigenvalue weighted by atomic mass is 16.5. The summed E-state index contributed by atoms with van der Waals surface area (Å²) in [5, 5.41) is 7.93. The number of nitrogens with zero attached hydrogens (tertiary/aromatic N) is 1. The standard InChI is InChI=1S/C35H68N4O5/c1-8-9-10-11-12-13-16-19-22-25-28-44-35(43)31(4)38-34(42)30(3)37-33(41)29(2)36-32(40)26-23-20-17-14-15-18-21-24-27-39(5,6)7/h29-31H,8-28H2,1-7H3,(H2-,36,37,38,40,41,42)/p+1/t29-,30-,31-/m0/s1. The van der Waals surface area contributed by atoms with Crippen molar-refractivity contribution < 1.29 is 28.4 Å². The average molecular weight is 626 g/mol. The summed E-state index contributed by atoms with van der Waals surface area (Å²) in [5.74, 6) is -1.57. The van der Waals surface area contributed by atoms with Gasteiger partial charge in [-0.15, -0.1) is 0 Å². The second kappa shape index (κ2) is 26.1. The van der Waals surface area contributed by atoms with Gasteiger partial charge in [0.15, 0.2) is 0 Å². The van der Waals surface area contributed by atoms with E-state index in [1.165, 1.54) is 83.6 Å². The monoisotopic (exact) mass is 626 g/mol. The van der Waals surface area contributed by atoms with E-state index < -0.39 is 35.9 Å². The lowest BCUT2D eigenvalue weighted by Gasteiger charge is -2.23. The molecule has 0 saturated heterocycles. The summed E-state index contributed by atoms with van der Waals surface area (Å²) >= 11 is 0. The first kappa shape index (κ1) is 41.8. The first-order valence-electron chi connectivity index (χ1n) is 17.7. The smallest absolute Gasteiger partial charge is 0.328 e. The number of amides is 3. The number of carbonyl (C=O) groups is 4. The Bertz CT molecular complexity index is 784. The Balaban J connectivity index is 3.96. The van der Waals surface area contributed by atoms with E-state index in [-0.39, 0.29) is 5.91 Å². The molecule has 0 aromatic rings. The molecule has 0 aromatic carbocycles. The normalized spacial score (nSPS) is 13.5. The van der Waals surface area contributed by atoms with Crippen LogP contribution >= 0.6 is 0 Å². The predicted octanol–water partition coefficient (Wildman–Crippen LogP) is 6.18. The van der Waals surface area contributed by atoms with Gasteiger partial charge in [-0.3, -0.25) is 14.4 Å². The maximum absolute atomic E-state index is 12.5. The van der Waals surface area contributed by atoms with Gasteiger partial charge in [0.05, 0.1) is 34.3 Å². The van der Waals surface area contributed by atoms with E-state index in [0.717, 1.165) is 43.0 Å². The van der Waals surface area contributed by atoms with Gasteiger partial charge in [-0.05, 0) is 46.5 Å². The number of hydrogen-bond donors (Lipinski definition) is 3. The summed E-state index contributed by atoms with van der Waals surface area (Å²) in [7, 11) is 6.68. The topological polar surface area (TPSA) is 114 Å². The van der Waals surface area contributed by atoms with Crippen molar-refractivity contribution in [3.05, 3.63) is 0 Å². The van der Waals surface area contributed by atoms with Crippen LogP contribution in [0.3, 0.4) is 0 Å². The first-order valence-corrected chi connectivity index (χ1v) is 17.7. The van der Waals surface area contributed by atoms with Crippen molar-refractivity contribution >= 4 is 23.7 Å². The van der Waals surface area contributed by atoms with E-state index in [9.17, 15) is 19.2 Å². The van der Waals surface area contributed by atoms with Gasteiger partial charge in [0, 0.05) is 6.42 Å². The third-order valence-corrected chi connectivity index (χ3v) is 7.96. The van der Waals surface area contributed by atoms with Crippen molar-refractivity contribution in [3.8, 4) is 0 Å². The molecule has 44 heavy (non-hydrogen) atoms. The number of rotatable bonds is 28. The Kier molecular flexibility index (Phi) is 24.8. The molecule has 3 amide bonds. The number of hydrogen-bond acceptors (Lipinski definition) is 5. The highest BCUT2D eigenvalue weighted by molar-refractivity contribution is 5.93. The predicted molar refractivity (Wildman–Crippen MR) is 180 cm³/mol. The highest BCUT2D eigenvalue weighted by Gasteiger charge is 2.24. The van der Waals surface area contributed by atoms with Crippen molar-refractivity contribution in [1.82, 2.24) is 16.0 Å². The van der Waals surface area contributed by atoms with Crippen molar-refractivity contribution in [2.24, 2.45) is 0 Å².